The Balaban J connectivity index is 1.84. The highest BCUT2D eigenvalue weighted by atomic mass is 32.1. The van der Waals surface area contributed by atoms with Crippen LogP contribution < -0.4 is 5.32 Å². The molecule has 0 radical (unpaired) electrons. The Morgan fingerprint density at radius 2 is 2.00 bits per heavy atom. The maximum absolute atomic E-state index is 4.47. The Labute approximate surface area is 117 Å². The van der Waals surface area contributed by atoms with Crippen LogP contribution in [0.2, 0.25) is 0 Å². The predicted molar refractivity (Wildman–Crippen MR) is 82.8 cm³/mol. The van der Waals surface area contributed by atoms with Gasteiger partial charge in [-0.1, -0.05) is 18.2 Å². The number of benzene rings is 1. The van der Waals surface area contributed by atoms with E-state index in [9.17, 15) is 0 Å². The fourth-order valence-electron chi connectivity index (χ4n) is 2.16. The number of fused-ring (bicyclic) bond motifs is 1. The van der Waals surface area contributed by atoms with Crippen molar-refractivity contribution in [3.05, 3.63) is 58.4 Å². The highest BCUT2D eigenvalue weighted by Crippen LogP contribution is 2.26. The van der Waals surface area contributed by atoms with Gasteiger partial charge in [-0.3, -0.25) is 4.98 Å². The van der Waals surface area contributed by atoms with Gasteiger partial charge in [0.25, 0.3) is 0 Å². The standard InChI is InChI=1S/C16H16N2S/c1-11-7-8-16(19-11)12(2)18-14-9-13-5-3-4-6-15(13)17-10-14/h3-10,12,18H,1-2H3. The molecule has 3 aromatic rings. The van der Waals surface area contributed by atoms with Crippen LogP contribution in [0.25, 0.3) is 10.9 Å². The molecule has 19 heavy (non-hydrogen) atoms. The molecule has 0 aliphatic rings. The second-order valence-electron chi connectivity index (χ2n) is 4.73. The van der Waals surface area contributed by atoms with Crippen molar-refractivity contribution in [2.75, 3.05) is 5.32 Å². The number of aromatic nitrogens is 1. The van der Waals surface area contributed by atoms with Crippen molar-refractivity contribution < 1.29 is 0 Å². The third kappa shape index (κ3) is 2.61. The van der Waals surface area contributed by atoms with Crippen LogP contribution in [0.5, 0.6) is 0 Å². The summed E-state index contributed by atoms with van der Waals surface area (Å²) >= 11 is 1.84. The molecule has 0 fully saturated rings. The summed E-state index contributed by atoms with van der Waals surface area (Å²) < 4.78 is 0. The lowest BCUT2D eigenvalue weighted by Crippen LogP contribution is -2.04. The number of thiophene rings is 1. The average Bonchev–Trinajstić information content (AvgIpc) is 2.85. The Morgan fingerprint density at radius 3 is 2.79 bits per heavy atom. The molecular weight excluding hydrogens is 252 g/mol. The van der Waals surface area contributed by atoms with E-state index >= 15 is 0 Å². The normalized spacial score (nSPS) is 12.5. The number of pyridine rings is 1. The van der Waals surface area contributed by atoms with Crippen molar-refractivity contribution in [2.24, 2.45) is 0 Å². The zero-order valence-electron chi connectivity index (χ0n) is 11.1. The minimum Gasteiger partial charge on any atom is -0.376 e. The van der Waals surface area contributed by atoms with Gasteiger partial charge in [0.1, 0.15) is 0 Å². The Bertz CT molecular complexity index is 703. The first kappa shape index (κ1) is 12.2. The van der Waals surface area contributed by atoms with Gasteiger partial charge in [-0.25, -0.2) is 0 Å². The van der Waals surface area contributed by atoms with E-state index in [1.807, 2.05) is 35.7 Å². The lowest BCUT2D eigenvalue weighted by Gasteiger charge is -2.13. The van der Waals surface area contributed by atoms with E-state index in [2.05, 4.69) is 48.4 Å². The summed E-state index contributed by atoms with van der Waals surface area (Å²) in [4.78, 5) is 7.17. The van der Waals surface area contributed by atoms with Crippen molar-refractivity contribution in [1.82, 2.24) is 4.98 Å². The largest absolute Gasteiger partial charge is 0.376 e. The van der Waals surface area contributed by atoms with Gasteiger partial charge in [0.15, 0.2) is 0 Å². The minimum absolute atomic E-state index is 0.307. The fourth-order valence-corrected chi connectivity index (χ4v) is 3.04. The third-order valence-corrected chi connectivity index (χ3v) is 4.34. The second-order valence-corrected chi connectivity index (χ2v) is 6.05. The number of anilines is 1. The van der Waals surface area contributed by atoms with Gasteiger partial charge in [0.2, 0.25) is 0 Å². The summed E-state index contributed by atoms with van der Waals surface area (Å²) in [7, 11) is 0. The van der Waals surface area contributed by atoms with Crippen LogP contribution in [0, 0.1) is 6.92 Å². The molecule has 1 aromatic carbocycles. The molecule has 3 heteroatoms. The van der Waals surface area contributed by atoms with E-state index in [1.165, 1.54) is 15.1 Å². The number of nitrogens with one attached hydrogen (secondary N) is 1. The summed E-state index contributed by atoms with van der Waals surface area (Å²) in [5.41, 5.74) is 2.10. The van der Waals surface area contributed by atoms with E-state index in [4.69, 9.17) is 0 Å². The van der Waals surface area contributed by atoms with Gasteiger partial charge in [-0.15, -0.1) is 11.3 Å². The van der Waals surface area contributed by atoms with Crippen molar-refractivity contribution >= 4 is 27.9 Å². The zero-order valence-corrected chi connectivity index (χ0v) is 11.9. The molecule has 1 atom stereocenters. The maximum atomic E-state index is 4.47. The van der Waals surface area contributed by atoms with Crippen LogP contribution in [0.3, 0.4) is 0 Å². The molecule has 2 heterocycles. The van der Waals surface area contributed by atoms with E-state index in [1.54, 1.807) is 0 Å². The van der Waals surface area contributed by atoms with Gasteiger partial charge in [0.05, 0.1) is 23.4 Å². The van der Waals surface area contributed by atoms with E-state index in [0.717, 1.165) is 11.2 Å². The molecule has 0 saturated heterocycles. The molecule has 1 N–H and O–H groups in total. The molecule has 2 nitrogen and oxygen atoms in total. The molecular formula is C16H16N2S. The van der Waals surface area contributed by atoms with Crippen LogP contribution in [-0.2, 0) is 0 Å². The Kier molecular flexibility index (Phi) is 3.22. The molecule has 96 valence electrons. The maximum Gasteiger partial charge on any atom is 0.0703 e. The monoisotopic (exact) mass is 268 g/mol. The third-order valence-electron chi connectivity index (χ3n) is 3.16. The highest BCUT2D eigenvalue weighted by molar-refractivity contribution is 7.12. The highest BCUT2D eigenvalue weighted by Gasteiger charge is 2.08. The van der Waals surface area contributed by atoms with Crippen LogP contribution in [0.15, 0.2) is 48.7 Å². The smallest absolute Gasteiger partial charge is 0.0703 e. The minimum atomic E-state index is 0.307. The topological polar surface area (TPSA) is 24.9 Å². The zero-order chi connectivity index (χ0) is 13.2. The SMILES string of the molecule is Cc1ccc(C(C)Nc2cnc3ccccc3c2)s1. The van der Waals surface area contributed by atoms with Crippen molar-refractivity contribution in [3.63, 3.8) is 0 Å². The first-order valence-corrected chi connectivity index (χ1v) is 7.22. The van der Waals surface area contributed by atoms with Gasteiger partial charge in [-0.2, -0.15) is 0 Å². The lowest BCUT2D eigenvalue weighted by atomic mass is 10.2. The lowest BCUT2D eigenvalue weighted by molar-refractivity contribution is 0.907. The summed E-state index contributed by atoms with van der Waals surface area (Å²) in [6, 6.07) is 15.0. The van der Waals surface area contributed by atoms with Crippen LogP contribution in [0.1, 0.15) is 22.7 Å². The summed E-state index contributed by atoms with van der Waals surface area (Å²) in [5, 5.41) is 4.68. The molecule has 0 amide bonds. The van der Waals surface area contributed by atoms with Crippen molar-refractivity contribution in [1.29, 1.82) is 0 Å². The molecule has 3 rings (SSSR count). The van der Waals surface area contributed by atoms with Gasteiger partial charge < -0.3 is 5.32 Å². The van der Waals surface area contributed by atoms with Crippen molar-refractivity contribution in [3.8, 4) is 0 Å². The molecule has 0 aliphatic carbocycles. The van der Waals surface area contributed by atoms with Gasteiger partial charge >= 0.3 is 0 Å². The van der Waals surface area contributed by atoms with E-state index in [0.29, 0.717) is 6.04 Å². The Morgan fingerprint density at radius 1 is 1.16 bits per heavy atom. The number of rotatable bonds is 3. The molecule has 1 unspecified atom stereocenters. The quantitative estimate of drug-likeness (QED) is 0.739. The first-order chi connectivity index (χ1) is 9.22. The first-order valence-electron chi connectivity index (χ1n) is 6.40. The second kappa shape index (κ2) is 5.02. The summed E-state index contributed by atoms with van der Waals surface area (Å²) in [6.45, 7) is 4.32. The van der Waals surface area contributed by atoms with Crippen molar-refractivity contribution in [2.45, 2.75) is 19.9 Å². The number of hydrogen-bond donors (Lipinski definition) is 1. The number of nitrogens with zero attached hydrogens (tertiary/aromatic N) is 1. The summed E-state index contributed by atoms with van der Waals surface area (Å²) in [5.74, 6) is 0. The predicted octanol–water partition coefficient (Wildman–Crippen LogP) is 4.78. The van der Waals surface area contributed by atoms with E-state index in [-0.39, 0.29) is 0 Å². The molecule has 0 saturated carbocycles. The number of para-hydroxylation sites is 1. The summed E-state index contributed by atoms with van der Waals surface area (Å²) in [6.07, 6.45) is 1.90. The fraction of sp³-hybridized carbons (Fsp3) is 0.188. The van der Waals surface area contributed by atoms with Gasteiger partial charge in [-0.05, 0) is 38.1 Å². The van der Waals surface area contributed by atoms with Gasteiger partial charge in [0, 0.05) is 15.1 Å². The van der Waals surface area contributed by atoms with Crippen LogP contribution in [0.4, 0.5) is 5.69 Å². The number of hydrogen-bond acceptors (Lipinski definition) is 3. The van der Waals surface area contributed by atoms with Crippen LogP contribution >= 0.6 is 11.3 Å². The molecule has 0 spiro atoms. The molecule has 0 bridgehead atoms. The molecule has 0 aliphatic heterocycles. The molecule has 2 aromatic heterocycles. The van der Waals surface area contributed by atoms with Crippen LogP contribution in [-0.4, -0.2) is 4.98 Å². The number of aryl methyl sites for hydroxylation is 1. The Hall–Kier alpha value is -1.87. The van der Waals surface area contributed by atoms with E-state index < -0.39 is 0 Å². The average molecular weight is 268 g/mol.